The number of hydrogen-bond donors (Lipinski definition) is 2. The number of rotatable bonds is 7. The van der Waals surface area contributed by atoms with Gasteiger partial charge in [-0.1, -0.05) is 39.0 Å². The van der Waals surface area contributed by atoms with Crippen LogP contribution in [0.3, 0.4) is 0 Å². The molecule has 0 aliphatic carbocycles. The van der Waals surface area contributed by atoms with Crippen LogP contribution in [0.25, 0.3) is 0 Å². The molecule has 0 saturated carbocycles. The van der Waals surface area contributed by atoms with Gasteiger partial charge in [0.2, 0.25) is 0 Å². The van der Waals surface area contributed by atoms with E-state index in [1.165, 1.54) is 38.5 Å². The van der Waals surface area contributed by atoms with Crippen molar-refractivity contribution in [1.82, 2.24) is 0 Å². The summed E-state index contributed by atoms with van der Waals surface area (Å²) in [5.74, 6) is -0.575. The van der Waals surface area contributed by atoms with Gasteiger partial charge in [0.05, 0.1) is 5.82 Å². The Morgan fingerprint density at radius 3 is 1.78 bits per heavy atom. The fraction of sp³-hybridized carbons (Fsp3) is 0.769. The van der Waals surface area contributed by atoms with Crippen LogP contribution in [0.1, 0.15) is 65.7 Å². The Morgan fingerprint density at radius 2 is 1.39 bits per heavy atom. The first-order chi connectivity index (χ1) is 7.91. The number of carbonyl (C=O) groups excluding carboxylic acids is 1. The normalized spacial score (nSPS) is 8.61. The molecule has 0 aromatic rings. The van der Waals surface area contributed by atoms with Crippen LogP contribution >= 0.6 is 0 Å². The minimum atomic E-state index is -1.08. The molecule has 18 heavy (non-hydrogen) atoms. The Hall–Kier alpha value is -0.190. The first-order valence-corrected chi connectivity index (χ1v) is 6.30. The van der Waals surface area contributed by atoms with E-state index in [-0.39, 0.29) is 29.6 Å². The van der Waals surface area contributed by atoms with Crippen LogP contribution in [-0.2, 0) is 4.79 Å². The molecule has 4 nitrogen and oxygen atoms in total. The van der Waals surface area contributed by atoms with Crippen LogP contribution in [0.5, 0.6) is 0 Å². The molecule has 0 bridgehead atoms. The van der Waals surface area contributed by atoms with Gasteiger partial charge >= 0.3 is 29.6 Å². The van der Waals surface area contributed by atoms with Crippen LogP contribution in [0.2, 0.25) is 0 Å². The maximum Gasteiger partial charge on any atom is 1.00 e. The number of hydrogen-bond acceptors (Lipinski definition) is 4. The van der Waals surface area contributed by atoms with Crippen molar-refractivity contribution in [2.24, 2.45) is 11.5 Å². The third kappa shape index (κ3) is 24.9. The second-order valence-electron chi connectivity index (χ2n) is 4.25. The van der Waals surface area contributed by atoms with Crippen LogP contribution < -0.4 is 46.1 Å². The standard InChI is InChI=1S/C11H24N2.C2H4O2.Na/c1-3-4-5-6-7-8-9-10(2)11(12)13;1-2(3)4;/h3-9,12-13H2,1-2H3;1H3,(H,3,4);/q;;+1/p-1. The Kier molecular flexibility index (Phi) is 21.4. The Morgan fingerprint density at radius 1 is 1.00 bits per heavy atom. The molecule has 0 saturated heterocycles. The van der Waals surface area contributed by atoms with E-state index in [4.69, 9.17) is 21.4 Å². The second kappa shape index (κ2) is 16.8. The fourth-order valence-electron chi connectivity index (χ4n) is 1.31. The molecule has 0 aliphatic rings. The summed E-state index contributed by atoms with van der Waals surface area (Å²) in [4.78, 5) is 8.89. The molecule has 0 fully saturated rings. The van der Waals surface area contributed by atoms with Gasteiger partial charge in [0.15, 0.2) is 0 Å². The molecular weight excluding hydrogens is 239 g/mol. The molecule has 5 heteroatoms. The van der Waals surface area contributed by atoms with Gasteiger partial charge in [-0.05, 0) is 32.3 Å². The molecule has 0 radical (unpaired) electrons. The number of carboxylic acid groups (broad SMARTS) is 1. The van der Waals surface area contributed by atoms with Gasteiger partial charge in [-0.3, -0.25) is 0 Å². The predicted octanol–water partition coefficient (Wildman–Crippen LogP) is -1.35. The molecule has 0 aliphatic heterocycles. The molecule has 0 heterocycles. The molecule has 0 spiro atoms. The first kappa shape index (κ1) is 22.9. The number of carboxylic acids is 1. The molecule has 0 aromatic carbocycles. The van der Waals surface area contributed by atoms with E-state index in [0.29, 0.717) is 5.82 Å². The Balaban J connectivity index is -0.000000392. The van der Waals surface area contributed by atoms with E-state index in [9.17, 15) is 0 Å². The van der Waals surface area contributed by atoms with E-state index in [1.807, 2.05) is 6.92 Å². The van der Waals surface area contributed by atoms with Crippen molar-refractivity contribution in [3.05, 3.63) is 11.4 Å². The van der Waals surface area contributed by atoms with Crippen molar-refractivity contribution < 1.29 is 39.5 Å². The summed E-state index contributed by atoms with van der Waals surface area (Å²) in [6.07, 6.45) is 9.01. The zero-order chi connectivity index (χ0) is 13.7. The van der Waals surface area contributed by atoms with Crippen LogP contribution in [0.15, 0.2) is 11.4 Å². The van der Waals surface area contributed by atoms with Crippen LogP contribution in [-0.4, -0.2) is 5.97 Å². The SMILES string of the molecule is CC(=O)[O-].CCCCCCCCC(C)=C(N)N.[Na+]. The summed E-state index contributed by atoms with van der Waals surface area (Å²) in [6.45, 7) is 5.23. The molecule has 0 unspecified atom stereocenters. The average Bonchev–Trinajstić information content (AvgIpc) is 2.21. The van der Waals surface area contributed by atoms with Gasteiger partial charge in [0.25, 0.3) is 0 Å². The van der Waals surface area contributed by atoms with Gasteiger partial charge in [-0.15, -0.1) is 0 Å². The summed E-state index contributed by atoms with van der Waals surface area (Å²) in [5, 5.41) is 8.89. The Labute approximate surface area is 133 Å². The molecule has 102 valence electrons. The summed E-state index contributed by atoms with van der Waals surface area (Å²) in [5.41, 5.74) is 12.1. The zero-order valence-corrected chi connectivity index (χ0v) is 14.4. The molecule has 0 aromatic heterocycles. The number of carbonyl (C=O) groups is 1. The number of nitrogens with two attached hydrogens (primary N) is 2. The Bertz CT molecular complexity index is 223. The topological polar surface area (TPSA) is 92.2 Å². The second-order valence-corrected chi connectivity index (χ2v) is 4.25. The van der Waals surface area contributed by atoms with Crippen molar-refractivity contribution in [3.63, 3.8) is 0 Å². The zero-order valence-electron chi connectivity index (χ0n) is 12.4. The third-order valence-corrected chi connectivity index (χ3v) is 2.40. The first-order valence-electron chi connectivity index (χ1n) is 6.30. The van der Waals surface area contributed by atoms with E-state index in [1.54, 1.807) is 0 Å². The fourth-order valence-corrected chi connectivity index (χ4v) is 1.31. The van der Waals surface area contributed by atoms with Crippen LogP contribution in [0, 0.1) is 0 Å². The minimum Gasteiger partial charge on any atom is -0.550 e. The summed E-state index contributed by atoms with van der Waals surface area (Å²) in [7, 11) is 0. The van der Waals surface area contributed by atoms with Crippen molar-refractivity contribution >= 4 is 5.97 Å². The van der Waals surface area contributed by atoms with Gasteiger partial charge in [0.1, 0.15) is 0 Å². The number of allylic oxidation sites excluding steroid dienone is 1. The monoisotopic (exact) mass is 266 g/mol. The summed E-state index contributed by atoms with van der Waals surface area (Å²) < 4.78 is 0. The summed E-state index contributed by atoms with van der Waals surface area (Å²) in [6, 6.07) is 0. The van der Waals surface area contributed by atoms with E-state index in [0.717, 1.165) is 18.9 Å². The van der Waals surface area contributed by atoms with Crippen molar-refractivity contribution in [3.8, 4) is 0 Å². The third-order valence-electron chi connectivity index (χ3n) is 2.40. The van der Waals surface area contributed by atoms with E-state index in [2.05, 4.69) is 6.92 Å². The van der Waals surface area contributed by atoms with E-state index < -0.39 is 5.97 Å². The molecule has 0 rings (SSSR count). The van der Waals surface area contributed by atoms with Gasteiger partial charge in [-0.25, -0.2) is 0 Å². The molecule has 0 amide bonds. The van der Waals surface area contributed by atoms with Crippen LogP contribution in [0.4, 0.5) is 0 Å². The van der Waals surface area contributed by atoms with Gasteiger partial charge < -0.3 is 21.4 Å². The molecular formula is C13H27N2NaO2. The average molecular weight is 266 g/mol. The van der Waals surface area contributed by atoms with Crippen molar-refractivity contribution in [1.29, 1.82) is 0 Å². The maximum atomic E-state index is 8.89. The largest absolute Gasteiger partial charge is 1.00 e. The predicted molar refractivity (Wildman–Crippen MR) is 69.7 cm³/mol. The number of unbranched alkanes of at least 4 members (excludes halogenated alkanes) is 5. The van der Waals surface area contributed by atoms with Gasteiger partial charge in [0, 0.05) is 5.97 Å². The van der Waals surface area contributed by atoms with E-state index >= 15 is 0 Å². The minimum absolute atomic E-state index is 0. The summed E-state index contributed by atoms with van der Waals surface area (Å²) >= 11 is 0. The maximum absolute atomic E-state index is 8.89. The molecule has 0 atom stereocenters. The smallest absolute Gasteiger partial charge is 0.550 e. The van der Waals surface area contributed by atoms with Gasteiger partial charge in [-0.2, -0.15) is 0 Å². The van der Waals surface area contributed by atoms with Crippen molar-refractivity contribution in [2.75, 3.05) is 0 Å². The number of aliphatic carboxylic acids is 1. The molecule has 4 N–H and O–H groups in total. The quantitative estimate of drug-likeness (QED) is 0.440. The van der Waals surface area contributed by atoms with Crippen molar-refractivity contribution in [2.45, 2.75) is 65.7 Å².